The number of hydrogen-bond donors (Lipinski definition) is 2. The number of anilines is 1. The van der Waals surface area contributed by atoms with Crippen LogP contribution in [0.3, 0.4) is 0 Å². The second kappa shape index (κ2) is 12.5. The van der Waals surface area contributed by atoms with E-state index in [2.05, 4.69) is 15.6 Å². The van der Waals surface area contributed by atoms with E-state index in [9.17, 15) is 0 Å². The number of methoxy groups -OCH3 is 1. The Balaban J connectivity index is 2.63. The fourth-order valence-corrected chi connectivity index (χ4v) is 2.12. The van der Waals surface area contributed by atoms with Crippen molar-refractivity contribution < 1.29 is 14.2 Å². The van der Waals surface area contributed by atoms with Gasteiger partial charge in [0.05, 0.1) is 13.7 Å². The van der Waals surface area contributed by atoms with Crippen molar-refractivity contribution in [3.8, 4) is 11.5 Å². The van der Waals surface area contributed by atoms with Gasteiger partial charge in [-0.25, -0.2) is 0 Å². The summed E-state index contributed by atoms with van der Waals surface area (Å²) >= 11 is 0. The van der Waals surface area contributed by atoms with Crippen LogP contribution in [0.1, 0.15) is 33.6 Å². The molecule has 136 valence electrons. The zero-order valence-corrected chi connectivity index (χ0v) is 15.4. The lowest BCUT2D eigenvalue weighted by Gasteiger charge is -2.14. The quantitative estimate of drug-likeness (QED) is 0.368. The Morgan fingerprint density at radius 3 is 2.58 bits per heavy atom. The first kappa shape index (κ1) is 20.1. The highest BCUT2D eigenvalue weighted by atomic mass is 16.5. The van der Waals surface area contributed by atoms with Gasteiger partial charge in [-0.05, 0) is 45.7 Å². The summed E-state index contributed by atoms with van der Waals surface area (Å²) in [6, 6.07) is 5.76. The summed E-state index contributed by atoms with van der Waals surface area (Å²) in [5, 5.41) is 6.54. The highest BCUT2D eigenvalue weighted by molar-refractivity contribution is 5.93. The summed E-state index contributed by atoms with van der Waals surface area (Å²) in [5.41, 5.74) is 0.907. The maximum Gasteiger partial charge on any atom is 0.195 e. The van der Waals surface area contributed by atoms with Gasteiger partial charge in [-0.15, -0.1) is 0 Å². The Labute approximate surface area is 145 Å². The van der Waals surface area contributed by atoms with Crippen LogP contribution in [0.2, 0.25) is 0 Å². The van der Waals surface area contributed by atoms with E-state index in [-0.39, 0.29) is 0 Å². The molecule has 2 N–H and O–H groups in total. The minimum atomic E-state index is 0.606. The maximum absolute atomic E-state index is 5.54. The fraction of sp³-hybridized carbons (Fsp3) is 0.611. The van der Waals surface area contributed by atoms with Crippen LogP contribution in [-0.2, 0) is 4.74 Å². The Kier molecular flexibility index (Phi) is 10.4. The first-order chi connectivity index (χ1) is 11.7. The Bertz CT molecular complexity index is 492. The molecule has 0 unspecified atom stereocenters. The lowest BCUT2D eigenvalue weighted by atomic mass is 10.2. The number of aliphatic imine (C=N–C) groups is 1. The molecule has 6 heteroatoms. The van der Waals surface area contributed by atoms with Crippen molar-refractivity contribution >= 4 is 11.6 Å². The van der Waals surface area contributed by atoms with Crippen LogP contribution in [0.15, 0.2) is 23.2 Å². The first-order valence-corrected chi connectivity index (χ1v) is 8.69. The van der Waals surface area contributed by atoms with Crippen LogP contribution in [0, 0.1) is 0 Å². The fourth-order valence-electron chi connectivity index (χ4n) is 2.12. The van der Waals surface area contributed by atoms with Crippen LogP contribution in [-0.4, -0.2) is 46.0 Å². The van der Waals surface area contributed by atoms with Gasteiger partial charge in [0, 0.05) is 38.1 Å². The first-order valence-electron chi connectivity index (χ1n) is 8.69. The van der Waals surface area contributed by atoms with Crippen LogP contribution >= 0.6 is 0 Å². The molecule has 1 aromatic rings. The second-order valence-corrected chi connectivity index (χ2v) is 5.09. The number of rotatable bonds is 11. The Morgan fingerprint density at radius 2 is 1.92 bits per heavy atom. The average molecular weight is 337 g/mol. The number of benzene rings is 1. The smallest absolute Gasteiger partial charge is 0.195 e. The van der Waals surface area contributed by atoms with E-state index in [1.165, 1.54) is 0 Å². The number of guanidine groups is 1. The standard InChI is InChI=1S/C18H31N3O3/c1-5-19-18(20-12-8-9-13-23-6-2)21-15-10-11-16(24-7-3)17(14-15)22-4/h10-11,14H,5-9,12-13H2,1-4H3,(H2,19,20,21). The van der Waals surface area contributed by atoms with Crippen molar-refractivity contribution in [2.45, 2.75) is 33.6 Å². The molecular weight excluding hydrogens is 306 g/mol. The Morgan fingerprint density at radius 1 is 1.08 bits per heavy atom. The van der Waals surface area contributed by atoms with E-state index in [1.54, 1.807) is 7.11 Å². The van der Waals surface area contributed by atoms with Gasteiger partial charge in [0.1, 0.15) is 0 Å². The Hall–Kier alpha value is -1.95. The molecule has 0 saturated carbocycles. The third kappa shape index (κ3) is 7.55. The third-order valence-electron chi connectivity index (χ3n) is 3.24. The van der Waals surface area contributed by atoms with Gasteiger partial charge in [0.15, 0.2) is 17.5 Å². The molecule has 0 fully saturated rings. The molecule has 0 saturated heterocycles. The van der Waals surface area contributed by atoms with Crippen molar-refractivity contribution in [3.05, 3.63) is 18.2 Å². The molecule has 0 radical (unpaired) electrons. The molecule has 0 aliphatic carbocycles. The van der Waals surface area contributed by atoms with Crippen molar-refractivity contribution in [1.82, 2.24) is 5.32 Å². The van der Waals surface area contributed by atoms with E-state index in [1.807, 2.05) is 39.0 Å². The van der Waals surface area contributed by atoms with E-state index < -0.39 is 0 Å². The van der Waals surface area contributed by atoms with Gasteiger partial charge < -0.3 is 24.8 Å². The molecule has 0 amide bonds. The molecule has 24 heavy (non-hydrogen) atoms. The third-order valence-corrected chi connectivity index (χ3v) is 3.24. The van der Waals surface area contributed by atoms with Gasteiger partial charge >= 0.3 is 0 Å². The maximum atomic E-state index is 5.54. The van der Waals surface area contributed by atoms with Crippen LogP contribution in [0.5, 0.6) is 11.5 Å². The van der Waals surface area contributed by atoms with Crippen LogP contribution in [0.25, 0.3) is 0 Å². The highest BCUT2D eigenvalue weighted by Crippen LogP contribution is 2.30. The molecule has 1 rings (SSSR count). The SMILES string of the molecule is CCNC(=NCCCCOCC)Nc1ccc(OCC)c(OC)c1. The zero-order valence-electron chi connectivity index (χ0n) is 15.4. The molecular formula is C18H31N3O3. The van der Waals surface area contributed by atoms with Crippen LogP contribution < -0.4 is 20.1 Å². The topological polar surface area (TPSA) is 64.1 Å². The summed E-state index contributed by atoms with van der Waals surface area (Å²) in [4.78, 5) is 4.59. The second-order valence-electron chi connectivity index (χ2n) is 5.09. The molecule has 1 aromatic carbocycles. The van der Waals surface area contributed by atoms with E-state index >= 15 is 0 Å². The number of nitrogens with zero attached hydrogens (tertiary/aromatic N) is 1. The largest absolute Gasteiger partial charge is 0.493 e. The summed E-state index contributed by atoms with van der Waals surface area (Å²) < 4.78 is 16.2. The van der Waals surface area contributed by atoms with Gasteiger partial charge in [-0.2, -0.15) is 0 Å². The number of nitrogens with one attached hydrogen (secondary N) is 2. The minimum Gasteiger partial charge on any atom is -0.493 e. The number of unbranched alkanes of at least 4 members (excludes halogenated alkanes) is 1. The van der Waals surface area contributed by atoms with Gasteiger partial charge in [0.25, 0.3) is 0 Å². The highest BCUT2D eigenvalue weighted by Gasteiger charge is 2.06. The molecule has 0 aliphatic heterocycles. The van der Waals surface area contributed by atoms with Crippen molar-refractivity contribution in [2.75, 3.05) is 45.3 Å². The van der Waals surface area contributed by atoms with Gasteiger partial charge in [-0.3, -0.25) is 4.99 Å². The number of hydrogen-bond acceptors (Lipinski definition) is 4. The van der Waals surface area contributed by atoms with E-state index in [0.29, 0.717) is 12.4 Å². The molecule has 0 atom stereocenters. The lowest BCUT2D eigenvalue weighted by molar-refractivity contribution is 0.144. The van der Waals surface area contributed by atoms with Crippen LogP contribution in [0.4, 0.5) is 5.69 Å². The molecule has 0 aliphatic rings. The molecule has 0 bridgehead atoms. The number of ether oxygens (including phenoxy) is 3. The predicted molar refractivity (Wildman–Crippen MR) is 99.5 cm³/mol. The zero-order chi connectivity index (χ0) is 17.6. The molecule has 6 nitrogen and oxygen atoms in total. The summed E-state index contributed by atoms with van der Waals surface area (Å²) in [6.07, 6.45) is 2.02. The monoisotopic (exact) mass is 337 g/mol. The van der Waals surface area contributed by atoms with Gasteiger partial charge in [-0.1, -0.05) is 0 Å². The predicted octanol–water partition coefficient (Wildman–Crippen LogP) is 3.29. The lowest BCUT2D eigenvalue weighted by Crippen LogP contribution is -2.30. The average Bonchev–Trinajstić information content (AvgIpc) is 2.59. The van der Waals surface area contributed by atoms with Gasteiger partial charge in [0.2, 0.25) is 0 Å². The van der Waals surface area contributed by atoms with Crippen molar-refractivity contribution in [3.63, 3.8) is 0 Å². The molecule has 0 heterocycles. The normalized spacial score (nSPS) is 11.2. The molecule has 0 spiro atoms. The summed E-state index contributed by atoms with van der Waals surface area (Å²) in [5.74, 6) is 2.21. The molecule has 0 aromatic heterocycles. The summed E-state index contributed by atoms with van der Waals surface area (Å²) in [6.45, 7) is 9.75. The summed E-state index contributed by atoms with van der Waals surface area (Å²) in [7, 11) is 1.64. The van der Waals surface area contributed by atoms with E-state index in [0.717, 1.165) is 56.5 Å². The van der Waals surface area contributed by atoms with Crippen molar-refractivity contribution in [2.24, 2.45) is 4.99 Å². The van der Waals surface area contributed by atoms with Crippen molar-refractivity contribution in [1.29, 1.82) is 0 Å². The van der Waals surface area contributed by atoms with E-state index in [4.69, 9.17) is 14.2 Å². The minimum absolute atomic E-state index is 0.606.